The molecule has 32 heavy (non-hydrogen) atoms. The molecule has 0 aromatic carbocycles. The highest BCUT2D eigenvalue weighted by Gasteiger charge is 2.48. The van der Waals surface area contributed by atoms with E-state index >= 15 is 0 Å². The highest BCUT2D eigenvalue weighted by molar-refractivity contribution is 7.12. The Morgan fingerprint density at radius 1 is 1.09 bits per heavy atom. The molecule has 8 nitrogen and oxygen atoms in total. The normalized spacial score (nSPS) is 23.2. The number of carbonyl (C=O) groups is 3. The number of aromatic nitrogens is 1. The standard InChI is InChI=1S/C23H27N5O3S/c29-21(16-3-1-7-25-14-16)27-15-18(13-19(27)22(30)26-10-8-24-9-11-26)28(17-5-6-17)23(31)20-4-2-12-32-20/h1-4,7,12,14,17-19,24H,5-6,8-11,13,15H2. The van der Waals surface area contributed by atoms with E-state index in [0.717, 1.165) is 25.9 Å². The summed E-state index contributed by atoms with van der Waals surface area (Å²) in [4.78, 5) is 50.4. The van der Waals surface area contributed by atoms with Gasteiger partial charge in [-0.15, -0.1) is 11.3 Å². The second-order valence-electron chi connectivity index (χ2n) is 8.60. The molecule has 5 rings (SSSR count). The summed E-state index contributed by atoms with van der Waals surface area (Å²) in [6.07, 6.45) is 5.59. The zero-order chi connectivity index (χ0) is 22.1. The third-order valence-electron chi connectivity index (χ3n) is 6.46. The molecule has 3 aliphatic rings. The Morgan fingerprint density at radius 2 is 1.91 bits per heavy atom. The van der Waals surface area contributed by atoms with Gasteiger partial charge in [0.25, 0.3) is 11.8 Å². The van der Waals surface area contributed by atoms with Gasteiger partial charge in [-0.1, -0.05) is 6.07 Å². The van der Waals surface area contributed by atoms with Crippen molar-refractivity contribution in [2.75, 3.05) is 32.7 Å². The van der Waals surface area contributed by atoms with Gasteiger partial charge in [-0.2, -0.15) is 0 Å². The molecule has 2 unspecified atom stereocenters. The predicted octanol–water partition coefficient (Wildman–Crippen LogP) is 1.46. The maximum absolute atomic E-state index is 13.5. The Bertz CT molecular complexity index is 973. The quantitative estimate of drug-likeness (QED) is 0.741. The smallest absolute Gasteiger partial charge is 0.264 e. The molecule has 9 heteroatoms. The van der Waals surface area contributed by atoms with E-state index in [4.69, 9.17) is 0 Å². The van der Waals surface area contributed by atoms with Crippen LogP contribution in [0.2, 0.25) is 0 Å². The average molecular weight is 454 g/mol. The summed E-state index contributed by atoms with van der Waals surface area (Å²) in [5.74, 6) is -0.212. The molecule has 0 bridgehead atoms. The third-order valence-corrected chi connectivity index (χ3v) is 7.32. The van der Waals surface area contributed by atoms with Crippen LogP contribution in [0, 0.1) is 0 Å². The number of nitrogens with one attached hydrogen (secondary N) is 1. The van der Waals surface area contributed by atoms with Crippen molar-refractivity contribution in [3.8, 4) is 0 Å². The molecule has 3 fully saturated rings. The largest absolute Gasteiger partial charge is 0.338 e. The lowest BCUT2D eigenvalue weighted by molar-refractivity contribution is -0.135. The van der Waals surface area contributed by atoms with Crippen molar-refractivity contribution in [2.45, 2.75) is 37.4 Å². The average Bonchev–Trinajstić information content (AvgIpc) is 3.34. The van der Waals surface area contributed by atoms with Gasteiger partial charge in [0.05, 0.1) is 16.5 Å². The number of thiophene rings is 1. The van der Waals surface area contributed by atoms with Crippen LogP contribution in [0.1, 0.15) is 39.3 Å². The molecule has 3 amide bonds. The van der Waals surface area contributed by atoms with E-state index in [1.54, 1.807) is 23.2 Å². The van der Waals surface area contributed by atoms with Gasteiger partial charge in [-0.3, -0.25) is 19.4 Å². The number of rotatable bonds is 5. The molecule has 2 atom stereocenters. The molecular formula is C23H27N5O3S. The van der Waals surface area contributed by atoms with E-state index in [1.165, 1.54) is 17.5 Å². The van der Waals surface area contributed by atoms with Crippen LogP contribution in [-0.2, 0) is 4.79 Å². The van der Waals surface area contributed by atoms with Crippen LogP contribution in [0.4, 0.5) is 0 Å². The zero-order valence-corrected chi connectivity index (χ0v) is 18.7. The van der Waals surface area contributed by atoms with Gasteiger partial charge in [0.15, 0.2) is 0 Å². The summed E-state index contributed by atoms with van der Waals surface area (Å²) in [6.45, 7) is 3.14. The highest BCUT2D eigenvalue weighted by atomic mass is 32.1. The molecule has 0 spiro atoms. The number of nitrogens with zero attached hydrogens (tertiary/aromatic N) is 4. The van der Waals surface area contributed by atoms with Crippen molar-refractivity contribution in [1.82, 2.24) is 25.0 Å². The maximum Gasteiger partial charge on any atom is 0.264 e. The van der Waals surface area contributed by atoms with Crippen LogP contribution < -0.4 is 5.32 Å². The Kier molecular flexibility index (Phi) is 5.93. The number of pyridine rings is 1. The van der Waals surface area contributed by atoms with E-state index < -0.39 is 6.04 Å². The van der Waals surface area contributed by atoms with Crippen LogP contribution in [0.15, 0.2) is 42.0 Å². The Morgan fingerprint density at radius 3 is 2.56 bits per heavy atom. The molecule has 1 saturated carbocycles. The fourth-order valence-electron chi connectivity index (χ4n) is 4.73. The first-order valence-corrected chi connectivity index (χ1v) is 12.1. The maximum atomic E-state index is 13.5. The van der Waals surface area contributed by atoms with Crippen molar-refractivity contribution >= 4 is 29.1 Å². The predicted molar refractivity (Wildman–Crippen MR) is 120 cm³/mol. The van der Waals surface area contributed by atoms with Crippen LogP contribution in [-0.4, -0.2) is 88.3 Å². The van der Waals surface area contributed by atoms with Crippen molar-refractivity contribution in [2.24, 2.45) is 0 Å². The number of hydrogen-bond donors (Lipinski definition) is 1. The van der Waals surface area contributed by atoms with Gasteiger partial charge >= 0.3 is 0 Å². The Labute approximate surface area is 191 Å². The number of piperazine rings is 1. The Hall–Kier alpha value is -2.78. The minimum absolute atomic E-state index is 0.0107. The van der Waals surface area contributed by atoms with Gasteiger partial charge in [-0.25, -0.2) is 0 Å². The molecular weight excluding hydrogens is 426 g/mol. The highest BCUT2D eigenvalue weighted by Crippen LogP contribution is 2.36. The third kappa shape index (κ3) is 4.14. The van der Waals surface area contributed by atoms with Crippen LogP contribution in [0.3, 0.4) is 0 Å². The fraction of sp³-hybridized carbons (Fsp3) is 0.478. The molecule has 2 aliphatic heterocycles. The van der Waals surface area contributed by atoms with Crippen molar-refractivity contribution < 1.29 is 14.4 Å². The number of carbonyl (C=O) groups excluding carboxylic acids is 3. The summed E-state index contributed by atoms with van der Waals surface area (Å²) in [7, 11) is 0. The number of likely N-dealkylation sites (tertiary alicyclic amines) is 1. The lowest BCUT2D eigenvalue weighted by Crippen LogP contribution is -2.53. The minimum atomic E-state index is -0.566. The summed E-state index contributed by atoms with van der Waals surface area (Å²) in [5.41, 5.74) is 0.466. The lowest BCUT2D eigenvalue weighted by atomic mass is 10.1. The second kappa shape index (κ2) is 8.99. The van der Waals surface area contributed by atoms with Gasteiger partial charge in [0, 0.05) is 51.2 Å². The molecule has 2 aromatic heterocycles. The first-order chi connectivity index (χ1) is 15.6. The van der Waals surface area contributed by atoms with Crippen molar-refractivity contribution in [3.05, 3.63) is 52.5 Å². The molecule has 1 N–H and O–H groups in total. The van der Waals surface area contributed by atoms with Gasteiger partial charge in [0.1, 0.15) is 6.04 Å². The van der Waals surface area contributed by atoms with Crippen molar-refractivity contribution in [3.63, 3.8) is 0 Å². The summed E-state index contributed by atoms with van der Waals surface area (Å²) < 4.78 is 0. The van der Waals surface area contributed by atoms with E-state index in [1.807, 2.05) is 27.3 Å². The molecule has 1 aliphatic carbocycles. The number of amides is 3. The molecule has 2 saturated heterocycles. The SMILES string of the molecule is O=C(C1CC(N(C(=O)c2cccs2)C2CC2)CN1C(=O)c1cccnc1)N1CCNCC1. The first-order valence-electron chi connectivity index (χ1n) is 11.2. The van der Waals surface area contributed by atoms with Gasteiger partial charge < -0.3 is 20.0 Å². The van der Waals surface area contributed by atoms with Crippen LogP contribution in [0.5, 0.6) is 0 Å². The van der Waals surface area contributed by atoms with E-state index in [0.29, 0.717) is 36.5 Å². The van der Waals surface area contributed by atoms with Crippen molar-refractivity contribution in [1.29, 1.82) is 0 Å². The first kappa shape index (κ1) is 21.1. The fourth-order valence-corrected chi connectivity index (χ4v) is 5.40. The summed E-state index contributed by atoms with van der Waals surface area (Å²) >= 11 is 1.43. The van der Waals surface area contributed by atoms with Gasteiger partial charge in [0.2, 0.25) is 5.91 Å². The number of hydrogen-bond acceptors (Lipinski definition) is 6. The monoisotopic (exact) mass is 453 g/mol. The molecule has 0 radical (unpaired) electrons. The zero-order valence-electron chi connectivity index (χ0n) is 17.9. The molecule has 2 aromatic rings. The van der Waals surface area contributed by atoms with E-state index in [2.05, 4.69) is 10.3 Å². The lowest BCUT2D eigenvalue weighted by Gasteiger charge is -2.32. The second-order valence-corrected chi connectivity index (χ2v) is 9.55. The minimum Gasteiger partial charge on any atom is -0.338 e. The van der Waals surface area contributed by atoms with Crippen LogP contribution in [0.25, 0.3) is 0 Å². The summed E-state index contributed by atoms with van der Waals surface area (Å²) in [6, 6.07) is 6.64. The van der Waals surface area contributed by atoms with Gasteiger partial charge in [-0.05, 0) is 42.8 Å². The summed E-state index contributed by atoms with van der Waals surface area (Å²) in [5, 5.41) is 5.17. The van der Waals surface area contributed by atoms with E-state index in [9.17, 15) is 14.4 Å². The van der Waals surface area contributed by atoms with E-state index in [-0.39, 0.29) is 29.8 Å². The molecule has 4 heterocycles. The topological polar surface area (TPSA) is 85.9 Å². The Balaban J connectivity index is 1.43. The molecule has 168 valence electrons. The van der Waals surface area contributed by atoms with Crippen LogP contribution >= 0.6 is 11.3 Å².